The van der Waals surface area contributed by atoms with Crippen molar-refractivity contribution in [1.82, 2.24) is 0 Å². The van der Waals surface area contributed by atoms with Gasteiger partial charge in [0, 0.05) is 11.3 Å². The molecule has 0 amide bonds. The Hall–Kier alpha value is -1.26. The molecule has 0 bridgehead atoms. The number of halogens is 4. The number of nitrogen functional groups attached to an aromatic ring is 1. The van der Waals surface area contributed by atoms with Crippen molar-refractivity contribution in [2.24, 2.45) is 0 Å². The van der Waals surface area contributed by atoms with E-state index < -0.39 is 17.6 Å². The van der Waals surface area contributed by atoms with E-state index in [0.29, 0.717) is 6.07 Å². The number of hydrogen-bond acceptors (Lipinski definition) is 1. The predicted octanol–water partition coefficient (Wildman–Crippen LogP) is 2.74. The Bertz CT molecular complexity index is 330. The second-order valence-corrected chi connectivity index (χ2v) is 2.64. The van der Waals surface area contributed by atoms with E-state index in [4.69, 9.17) is 5.73 Å². The summed E-state index contributed by atoms with van der Waals surface area (Å²) in [5, 5.41) is 0. The van der Waals surface area contributed by atoms with E-state index in [0.717, 1.165) is 6.07 Å². The van der Waals surface area contributed by atoms with Crippen molar-refractivity contribution in [3.05, 3.63) is 29.1 Å². The quantitative estimate of drug-likeness (QED) is 0.497. The number of nitrogens with two attached hydrogens (primary N) is 1. The van der Waals surface area contributed by atoms with Gasteiger partial charge in [0.15, 0.2) is 0 Å². The Labute approximate surface area is 72.2 Å². The van der Waals surface area contributed by atoms with Crippen molar-refractivity contribution < 1.29 is 17.6 Å². The van der Waals surface area contributed by atoms with Crippen molar-refractivity contribution in [2.75, 3.05) is 5.73 Å². The van der Waals surface area contributed by atoms with Crippen LogP contribution in [0.1, 0.15) is 11.1 Å². The smallest absolute Gasteiger partial charge is 0.398 e. The molecular weight excluding hydrogens is 186 g/mol. The van der Waals surface area contributed by atoms with Gasteiger partial charge in [-0.25, -0.2) is 4.39 Å². The molecule has 1 nitrogen and oxygen atoms in total. The standard InChI is InChI=1S/C8H7F4N/c1-4-6(13)3-2-5(7(4)9)8(10,11)12/h2-3H,13H2,1H3. The molecule has 0 spiro atoms. The summed E-state index contributed by atoms with van der Waals surface area (Å²) < 4.78 is 49.2. The molecule has 13 heavy (non-hydrogen) atoms. The third-order valence-electron chi connectivity index (χ3n) is 1.73. The number of benzene rings is 1. The molecule has 72 valence electrons. The predicted molar refractivity (Wildman–Crippen MR) is 40.6 cm³/mol. The van der Waals surface area contributed by atoms with Crippen LogP contribution in [0.4, 0.5) is 23.2 Å². The fourth-order valence-corrected chi connectivity index (χ4v) is 0.919. The van der Waals surface area contributed by atoms with Crippen molar-refractivity contribution >= 4 is 5.69 Å². The van der Waals surface area contributed by atoms with Crippen LogP contribution >= 0.6 is 0 Å². The average Bonchev–Trinajstić information content (AvgIpc) is 1.98. The summed E-state index contributed by atoms with van der Waals surface area (Å²) in [6.07, 6.45) is -4.66. The van der Waals surface area contributed by atoms with Gasteiger partial charge < -0.3 is 5.73 Å². The van der Waals surface area contributed by atoms with Gasteiger partial charge in [0.2, 0.25) is 0 Å². The van der Waals surface area contributed by atoms with Crippen LogP contribution < -0.4 is 5.73 Å². The minimum atomic E-state index is -4.66. The van der Waals surface area contributed by atoms with Gasteiger partial charge in [0.05, 0.1) is 5.56 Å². The summed E-state index contributed by atoms with van der Waals surface area (Å²) in [4.78, 5) is 0. The third-order valence-corrected chi connectivity index (χ3v) is 1.73. The lowest BCUT2D eigenvalue weighted by atomic mass is 10.1. The zero-order valence-corrected chi connectivity index (χ0v) is 6.74. The summed E-state index contributed by atoms with van der Waals surface area (Å²) in [6, 6.07) is 1.68. The summed E-state index contributed by atoms with van der Waals surface area (Å²) in [7, 11) is 0. The molecule has 0 aliphatic heterocycles. The van der Waals surface area contributed by atoms with Crippen LogP contribution in [0.3, 0.4) is 0 Å². The minimum absolute atomic E-state index is 0.0190. The molecule has 1 rings (SSSR count). The molecule has 0 saturated carbocycles. The van der Waals surface area contributed by atoms with Crippen molar-refractivity contribution in [2.45, 2.75) is 13.1 Å². The van der Waals surface area contributed by atoms with E-state index in [2.05, 4.69) is 0 Å². The molecule has 0 radical (unpaired) electrons. The van der Waals surface area contributed by atoms with Gasteiger partial charge >= 0.3 is 6.18 Å². The highest BCUT2D eigenvalue weighted by atomic mass is 19.4. The molecule has 1 aromatic carbocycles. The zero-order chi connectivity index (χ0) is 10.2. The van der Waals surface area contributed by atoms with Crippen LogP contribution in [0.2, 0.25) is 0 Å². The van der Waals surface area contributed by atoms with Gasteiger partial charge in [-0.15, -0.1) is 0 Å². The lowest BCUT2D eigenvalue weighted by molar-refractivity contribution is -0.140. The van der Waals surface area contributed by atoms with E-state index in [1.165, 1.54) is 6.92 Å². The molecule has 0 fully saturated rings. The largest absolute Gasteiger partial charge is 0.419 e. The normalized spacial score (nSPS) is 11.8. The molecule has 0 atom stereocenters. The maximum Gasteiger partial charge on any atom is 0.419 e. The van der Waals surface area contributed by atoms with Crippen LogP contribution in [0.5, 0.6) is 0 Å². The molecule has 0 aliphatic rings. The van der Waals surface area contributed by atoms with Crippen LogP contribution in [-0.2, 0) is 6.18 Å². The van der Waals surface area contributed by atoms with E-state index in [9.17, 15) is 17.6 Å². The fourth-order valence-electron chi connectivity index (χ4n) is 0.919. The van der Waals surface area contributed by atoms with E-state index in [1.807, 2.05) is 0 Å². The first-order valence-electron chi connectivity index (χ1n) is 3.46. The molecule has 2 N–H and O–H groups in total. The second-order valence-electron chi connectivity index (χ2n) is 2.64. The first-order chi connectivity index (χ1) is 5.84. The van der Waals surface area contributed by atoms with Gasteiger partial charge in [0.1, 0.15) is 5.82 Å². The van der Waals surface area contributed by atoms with E-state index in [-0.39, 0.29) is 11.3 Å². The first kappa shape index (κ1) is 9.83. The van der Waals surface area contributed by atoms with Gasteiger partial charge in [-0.05, 0) is 19.1 Å². The topological polar surface area (TPSA) is 26.0 Å². The number of alkyl halides is 3. The van der Waals surface area contributed by atoms with Crippen LogP contribution in [0.25, 0.3) is 0 Å². The lowest BCUT2D eigenvalue weighted by Crippen LogP contribution is -2.10. The molecule has 0 unspecified atom stereocenters. The summed E-state index contributed by atoms with van der Waals surface area (Å²) in [5.74, 6) is -1.30. The monoisotopic (exact) mass is 193 g/mol. The first-order valence-corrected chi connectivity index (χ1v) is 3.46. The Morgan fingerprint density at radius 2 is 1.77 bits per heavy atom. The second kappa shape index (κ2) is 2.90. The molecule has 1 aromatic rings. The molecule has 5 heteroatoms. The van der Waals surface area contributed by atoms with Crippen LogP contribution in [0, 0.1) is 12.7 Å². The van der Waals surface area contributed by atoms with Gasteiger partial charge in [-0.3, -0.25) is 0 Å². The molecular formula is C8H7F4N. The minimum Gasteiger partial charge on any atom is -0.398 e. The number of hydrogen-bond donors (Lipinski definition) is 1. The lowest BCUT2D eigenvalue weighted by Gasteiger charge is -2.10. The van der Waals surface area contributed by atoms with E-state index in [1.54, 1.807) is 0 Å². The molecule has 0 heterocycles. The third kappa shape index (κ3) is 1.74. The van der Waals surface area contributed by atoms with Crippen LogP contribution in [0.15, 0.2) is 12.1 Å². The fraction of sp³-hybridized carbons (Fsp3) is 0.250. The van der Waals surface area contributed by atoms with Gasteiger partial charge in [-0.1, -0.05) is 0 Å². The average molecular weight is 193 g/mol. The Morgan fingerprint density at radius 1 is 1.23 bits per heavy atom. The highest BCUT2D eigenvalue weighted by Crippen LogP contribution is 2.33. The number of rotatable bonds is 0. The maximum absolute atomic E-state index is 13.0. The Kier molecular flexibility index (Phi) is 2.19. The Morgan fingerprint density at radius 3 is 2.23 bits per heavy atom. The SMILES string of the molecule is Cc1c(N)ccc(C(F)(F)F)c1F. The molecule has 0 aromatic heterocycles. The van der Waals surface area contributed by atoms with Crippen molar-refractivity contribution in [3.63, 3.8) is 0 Å². The van der Waals surface area contributed by atoms with Gasteiger partial charge in [-0.2, -0.15) is 13.2 Å². The number of anilines is 1. The van der Waals surface area contributed by atoms with Crippen LogP contribution in [-0.4, -0.2) is 0 Å². The maximum atomic E-state index is 13.0. The van der Waals surface area contributed by atoms with Crippen molar-refractivity contribution in [1.29, 1.82) is 0 Å². The summed E-state index contributed by atoms with van der Waals surface area (Å²) in [5.41, 5.74) is 3.79. The Balaban J connectivity index is 3.35. The summed E-state index contributed by atoms with van der Waals surface area (Å²) >= 11 is 0. The van der Waals surface area contributed by atoms with E-state index >= 15 is 0 Å². The molecule has 0 aliphatic carbocycles. The zero-order valence-electron chi connectivity index (χ0n) is 6.74. The highest BCUT2D eigenvalue weighted by Gasteiger charge is 2.34. The van der Waals surface area contributed by atoms with Gasteiger partial charge in [0.25, 0.3) is 0 Å². The summed E-state index contributed by atoms with van der Waals surface area (Å²) in [6.45, 7) is 1.21. The highest BCUT2D eigenvalue weighted by molar-refractivity contribution is 5.49. The molecule has 0 saturated heterocycles. The van der Waals surface area contributed by atoms with Crippen molar-refractivity contribution in [3.8, 4) is 0 Å².